The lowest BCUT2D eigenvalue weighted by molar-refractivity contribution is -0.385. The van der Waals surface area contributed by atoms with Crippen molar-refractivity contribution in [3.05, 3.63) is 21.1 Å². The number of carbonyl (C=O) groups is 1. The normalized spacial score (nSPS) is 9.94. The highest BCUT2D eigenvalue weighted by molar-refractivity contribution is 6.28. The second-order valence-corrected chi connectivity index (χ2v) is 3.53. The first kappa shape index (κ1) is 14.1. The molecule has 0 aliphatic carbocycles. The molecule has 8 nitrogen and oxygen atoms in total. The van der Waals surface area contributed by atoms with Gasteiger partial charge in [0.15, 0.2) is 0 Å². The Morgan fingerprint density at radius 1 is 1.56 bits per heavy atom. The number of hydrogen-bond acceptors (Lipinski definition) is 7. The molecule has 0 bridgehead atoms. The van der Waals surface area contributed by atoms with Crippen LogP contribution in [-0.4, -0.2) is 34.0 Å². The molecule has 1 heterocycles. The molecule has 0 atom stereocenters. The Morgan fingerprint density at radius 2 is 2.22 bits per heavy atom. The first-order chi connectivity index (χ1) is 8.45. The molecule has 98 valence electrons. The van der Waals surface area contributed by atoms with E-state index in [9.17, 15) is 14.9 Å². The number of rotatable bonds is 5. The standard InChI is InChI=1S/C9H11ClN4O4/c1-3-18-6(15)4-11-8-7(14(16)17)5(2)12-9(10)13-8/h3-4H2,1-2H3,(H,11,12,13). The van der Waals surface area contributed by atoms with Crippen LogP contribution in [0.2, 0.25) is 5.28 Å². The van der Waals surface area contributed by atoms with Gasteiger partial charge < -0.3 is 10.1 Å². The smallest absolute Gasteiger partial charge is 0.332 e. The van der Waals surface area contributed by atoms with E-state index < -0.39 is 10.9 Å². The lowest BCUT2D eigenvalue weighted by atomic mass is 10.3. The maximum atomic E-state index is 11.1. The van der Waals surface area contributed by atoms with Crippen LogP contribution >= 0.6 is 11.6 Å². The number of anilines is 1. The summed E-state index contributed by atoms with van der Waals surface area (Å²) in [5.41, 5.74) is -0.199. The lowest BCUT2D eigenvalue weighted by Gasteiger charge is -2.07. The number of nitro groups is 1. The Hall–Kier alpha value is -1.96. The van der Waals surface area contributed by atoms with Gasteiger partial charge >= 0.3 is 11.7 Å². The van der Waals surface area contributed by atoms with Gasteiger partial charge in [-0.25, -0.2) is 4.98 Å². The van der Waals surface area contributed by atoms with Crippen LogP contribution in [0.15, 0.2) is 0 Å². The molecule has 1 aromatic rings. The van der Waals surface area contributed by atoms with Crippen LogP contribution in [0.3, 0.4) is 0 Å². The van der Waals surface area contributed by atoms with Crippen molar-refractivity contribution < 1.29 is 14.5 Å². The van der Waals surface area contributed by atoms with Crippen molar-refractivity contribution in [3.63, 3.8) is 0 Å². The zero-order valence-electron chi connectivity index (χ0n) is 9.77. The van der Waals surface area contributed by atoms with Crippen molar-refractivity contribution in [2.24, 2.45) is 0 Å². The molecular weight excluding hydrogens is 264 g/mol. The van der Waals surface area contributed by atoms with Gasteiger partial charge in [-0.2, -0.15) is 4.98 Å². The fraction of sp³-hybridized carbons (Fsp3) is 0.444. The summed E-state index contributed by atoms with van der Waals surface area (Å²) in [7, 11) is 0. The number of hydrogen-bond donors (Lipinski definition) is 1. The zero-order chi connectivity index (χ0) is 13.7. The van der Waals surface area contributed by atoms with Crippen LogP contribution in [-0.2, 0) is 9.53 Å². The Kier molecular flexibility index (Phi) is 4.78. The molecule has 9 heteroatoms. The number of nitrogens with one attached hydrogen (secondary N) is 1. The molecule has 0 fully saturated rings. The molecule has 0 aliphatic rings. The largest absolute Gasteiger partial charge is 0.465 e. The predicted octanol–water partition coefficient (Wildman–Crippen LogP) is 1.32. The minimum atomic E-state index is -0.640. The van der Waals surface area contributed by atoms with E-state index in [-0.39, 0.29) is 35.6 Å². The average molecular weight is 275 g/mol. The highest BCUT2D eigenvalue weighted by Crippen LogP contribution is 2.26. The van der Waals surface area contributed by atoms with Crippen LogP contribution < -0.4 is 5.32 Å². The maximum Gasteiger partial charge on any atom is 0.332 e. The summed E-state index contributed by atoms with van der Waals surface area (Å²) in [5, 5.41) is 13.2. The fourth-order valence-electron chi connectivity index (χ4n) is 1.24. The van der Waals surface area contributed by atoms with Gasteiger partial charge in [0.05, 0.1) is 11.5 Å². The summed E-state index contributed by atoms with van der Waals surface area (Å²) >= 11 is 5.60. The fourth-order valence-corrected chi connectivity index (χ4v) is 1.45. The SMILES string of the molecule is CCOC(=O)CNc1nc(Cl)nc(C)c1[N+](=O)[O-]. The van der Waals surface area contributed by atoms with Crippen LogP contribution in [0.4, 0.5) is 11.5 Å². The molecule has 0 saturated heterocycles. The van der Waals surface area contributed by atoms with Gasteiger partial charge in [0.25, 0.3) is 0 Å². The van der Waals surface area contributed by atoms with Crippen LogP contribution in [0.25, 0.3) is 0 Å². The predicted molar refractivity (Wildman–Crippen MR) is 63.6 cm³/mol. The van der Waals surface area contributed by atoms with E-state index in [1.54, 1.807) is 6.92 Å². The quantitative estimate of drug-likeness (QED) is 0.373. The van der Waals surface area contributed by atoms with E-state index in [1.165, 1.54) is 6.92 Å². The van der Waals surface area contributed by atoms with Crippen molar-refractivity contribution in [1.82, 2.24) is 9.97 Å². The number of carbonyl (C=O) groups excluding carboxylic acids is 1. The average Bonchev–Trinajstić information content (AvgIpc) is 2.25. The molecule has 18 heavy (non-hydrogen) atoms. The Bertz CT molecular complexity index is 480. The molecule has 0 aliphatic heterocycles. The molecule has 0 aromatic carbocycles. The molecule has 0 amide bonds. The second kappa shape index (κ2) is 6.10. The number of esters is 1. The van der Waals surface area contributed by atoms with Gasteiger partial charge in [-0.05, 0) is 25.4 Å². The minimum absolute atomic E-state index is 0.106. The van der Waals surface area contributed by atoms with E-state index in [1.807, 2.05) is 0 Å². The summed E-state index contributed by atoms with van der Waals surface area (Å²) < 4.78 is 4.68. The highest BCUT2D eigenvalue weighted by atomic mass is 35.5. The summed E-state index contributed by atoms with van der Waals surface area (Å²) in [6, 6.07) is 0. The first-order valence-corrected chi connectivity index (χ1v) is 5.41. The molecule has 0 saturated carbocycles. The Morgan fingerprint density at radius 3 is 2.78 bits per heavy atom. The van der Waals surface area contributed by atoms with Crippen LogP contribution in [0.5, 0.6) is 0 Å². The van der Waals surface area contributed by atoms with Crippen molar-refractivity contribution in [1.29, 1.82) is 0 Å². The van der Waals surface area contributed by atoms with Gasteiger partial charge in [-0.3, -0.25) is 14.9 Å². The number of ether oxygens (including phenoxy) is 1. The Labute approximate surface area is 107 Å². The molecule has 0 radical (unpaired) electrons. The van der Waals surface area contributed by atoms with E-state index in [4.69, 9.17) is 11.6 Å². The van der Waals surface area contributed by atoms with Crippen molar-refractivity contribution in [2.75, 3.05) is 18.5 Å². The zero-order valence-corrected chi connectivity index (χ0v) is 10.5. The van der Waals surface area contributed by atoms with Gasteiger partial charge in [-0.15, -0.1) is 0 Å². The number of aryl methyl sites for hydroxylation is 1. The molecule has 0 unspecified atom stereocenters. The third-order valence-corrected chi connectivity index (χ3v) is 2.09. The number of nitrogens with zero attached hydrogens (tertiary/aromatic N) is 3. The number of aromatic nitrogens is 2. The maximum absolute atomic E-state index is 11.1. The third kappa shape index (κ3) is 3.52. The monoisotopic (exact) mass is 274 g/mol. The topological polar surface area (TPSA) is 107 Å². The second-order valence-electron chi connectivity index (χ2n) is 3.19. The molecule has 1 aromatic heterocycles. The van der Waals surface area contributed by atoms with E-state index in [2.05, 4.69) is 20.0 Å². The molecule has 0 spiro atoms. The summed E-state index contributed by atoms with van der Waals surface area (Å²) in [4.78, 5) is 28.7. The Balaban J connectivity index is 2.93. The molecule has 1 rings (SSSR count). The van der Waals surface area contributed by atoms with Gasteiger partial charge in [0.2, 0.25) is 11.1 Å². The summed E-state index contributed by atoms with van der Waals surface area (Å²) in [5.74, 6) is -0.648. The van der Waals surface area contributed by atoms with Gasteiger partial charge in [0.1, 0.15) is 12.2 Å². The summed E-state index contributed by atoms with van der Waals surface area (Å²) in [6.45, 7) is 3.08. The highest BCUT2D eigenvalue weighted by Gasteiger charge is 2.22. The first-order valence-electron chi connectivity index (χ1n) is 5.03. The van der Waals surface area contributed by atoms with E-state index >= 15 is 0 Å². The van der Waals surface area contributed by atoms with Crippen molar-refractivity contribution >= 4 is 29.1 Å². The third-order valence-electron chi connectivity index (χ3n) is 1.92. The van der Waals surface area contributed by atoms with Gasteiger partial charge in [0, 0.05) is 0 Å². The van der Waals surface area contributed by atoms with E-state index in [0.29, 0.717) is 0 Å². The van der Waals surface area contributed by atoms with Crippen LogP contribution in [0, 0.1) is 17.0 Å². The van der Waals surface area contributed by atoms with Crippen LogP contribution in [0.1, 0.15) is 12.6 Å². The summed E-state index contributed by atoms with van der Waals surface area (Å²) in [6.07, 6.45) is 0. The minimum Gasteiger partial charge on any atom is -0.465 e. The van der Waals surface area contributed by atoms with E-state index in [0.717, 1.165) is 0 Å². The molecule has 1 N–H and O–H groups in total. The molecular formula is C9H11ClN4O4. The van der Waals surface area contributed by atoms with Crippen molar-refractivity contribution in [2.45, 2.75) is 13.8 Å². The van der Waals surface area contributed by atoms with Gasteiger partial charge in [-0.1, -0.05) is 0 Å². The van der Waals surface area contributed by atoms with Crippen molar-refractivity contribution in [3.8, 4) is 0 Å². The number of halogens is 1. The lowest BCUT2D eigenvalue weighted by Crippen LogP contribution is -2.18.